The van der Waals surface area contributed by atoms with Crippen LogP contribution in [-0.2, 0) is 4.79 Å². The van der Waals surface area contributed by atoms with Gasteiger partial charge in [-0.1, -0.05) is 0 Å². The van der Waals surface area contributed by atoms with Gasteiger partial charge in [-0.15, -0.1) is 0 Å². The van der Waals surface area contributed by atoms with Gasteiger partial charge in [-0.2, -0.15) is 0 Å². The Labute approximate surface area is 122 Å². The van der Waals surface area contributed by atoms with Crippen LogP contribution in [-0.4, -0.2) is 44.4 Å². The molecule has 114 valence electrons. The highest BCUT2D eigenvalue weighted by Gasteiger charge is 2.21. The highest BCUT2D eigenvalue weighted by Crippen LogP contribution is 2.01. The monoisotopic (exact) mass is 294 g/mol. The predicted molar refractivity (Wildman–Crippen MR) is 73.8 cm³/mol. The molecule has 0 saturated carbocycles. The van der Waals surface area contributed by atoms with Gasteiger partial charge in [0.15, 0.2) is 5.69 Å². The van der Waals surface area contributed by atoms with E-state index in [0.29, 0.717) is 0 Å². The van der Waals surface area contributed by atoms with Gasteiger partial charge >= 0.3 is 5.97 Å². The van der Waals surface area contributed by atoms with Crippen molar-refractivity contribution in [1.82, 2.24) is 20.6 Å². The number of aromatic carboxylic acids is 1. The summed E-state index contributed by atoms with van der Waals surface area (Å²) in [5.41, 5.74) is -0.723. The number of carbonyl (C=O) groups excluding carboxylic acids is 2. The minimum Gasteiger partial charge on any atom is -0.476 e. The van der Waals surface area contributed by atoms with E-state index in [4.69, 9.17) is 5.11 Å². The van der Waals surface area contributed by atoms with Gasteiger partial charge in [0.2, 0.25) is 5.91 Å². The highest BCUT2D eigenvalue weighted by atomic mass is 16.4. The zero-order chi connectivity index (χ0) is 16.2. The van der Waals surface area contributed by atoms with Gasteiger partial charge in [-0.25, -0.2) is 14.8 Å². The Balaban J connectivity index is 2.68. The maximum Gasteiger partial charge on any atom is 0.356 e. The molecule has 8 heteroatoms. The molecule has 1 unspecified atom stereocenters. The number of nitrogens with zero attached hydrogens (tertiary/aromatic N) is 2. The van der Waals surface area contributed by atoms with Crippen LogP contribution in [0.2, 0.25) is 0 Å². The molecule has 0 bridgehead atoms. The first-order valence-corrected chi connectivity index (χ1v) is 6.28. The lowest BCUT2D eigenvalue weighted by molar-refractivity contribution is -0.124. The van der Waals surface area contributed by atoms with Crippen molar-refractivity contribution in [3.8, 4) is 0 Å². The molecule has 2 amide bonds. The first-order chi connectivity index (χ1) is 9.60. The zero-order valence-electron chi connectivity index (χ0n) is 12.3. The van der Waals surface area contributed by atoms with Crippen molar-refractivity contribution >= 4 is 17.8 Å². The van der Waals surface area contributed by atoms with E-state index in [1.807, 2.05) is 20.8 Å². The Hall–Kier alpha value is -2.51. The summed E-state index contributed by atoms with van der Waals surface area (Å²) in [5, 5.41) is 13.9. The van der Waals surface area contributed by atoms with E-state index in [1.165, 1.54) is 6.92 Å². The van der Waals surface area contributed by atoms with E-state index in [1.54, 1.807) is 0 Å². The molecule has 0 spiro atoms. The molecule has 1 aromatic heterocycles. The Bertz CT molecular complexity index is 548. The molecule has 1 atom stereocenters. The molecule has 0 fully saturated rings. The molecule has 0 radical (unpaired) electrons. The Kier molecular flexibility index (Phi) is 4.96. The lowest BCUT2D eigenvalue weighted by atomic mass is 10.1. The molecule has 0 aromatic carbocycles. The maximum atomic E-state index is 11.9. The number of hydrogen-bond donors (Lipinski definition) is 3. The van der Waals surface area contributed by atoms with Gasteiger partial charge < -0.3 is 15.7 Å². The molecule has 8 nitrogen and oxygen atoms in total. The van der Waals surface area contributed by atoms with Crippen LogP contribution in [0, 0.1) is 0 Å². The lowest BCUT2D eigenvalue weighted by Gasteiger charge is -2.23. The topological polar surface area (TPSA) is 121 Å². The van der Waals surface area contributed by atoms with Gasteiger partial charge in [0.1, 0.15) is 11.7 Å². The quantitative estimate of drug-likeness (QED) is 0.729. The van der Waals surface area contributed by atoms with E-state index in [2.05, 4.69) is 20.6 Å². The zero-order valence-corrected chi connectivity index (χ0v) is 12.3. The number of amides is 2. The second kappa shape index (κ2) is 6.29. The van der Waals surface area contributed by atoms with Gasteiger partial charge in [-0.3, -0.25) is 9.59 Å². The van der Waals surface area contributed by atoms with Crippen LogP contribution in [0.4, 0.5) is 0 Å². The van der Waals surface area contributed by atoms with Crippen molar-refractivity contribution in [2.75, 3.05) is 0 Å². The Morgan fingerprint density at radius 1 is 1.14 bits per heavy atom. The summed E-state index contributed by atoms with van der Waals surface area (Å²) in [6.07, 6.45) is 2.03. The normalized spacial score (nSPS) is 12.4. The fourth-order valence-electron chi connectivity index (χ4n) is 1.37. The summed E-state index contributed by atoms with van der Waals surface area (Å²) in [7, 11) is 0. The smallest absolute Gasteiger partial charge is 0.356 e. The second-order valence-corrected chi connectivity index (χ2v) is 5.53. The van der Waals surface area contributed by atoms with Crippen molar-refractivity contribution in [2.45, 2.75) is 39.3 Å². The van der Waals surface area contributed by atoms with E-state index >= 15 is 0 Å². The number of aromatic nitrogens is 2. The molecule has 0 saturated heterocycles. The van der Waals surface area contributed by atoms with E-state index < -0.39 is 23.5 Å². The molecule has 1 rings (SSSR count). The summed E-state index contributed by atoms with van der Waals surface area (Å²) < 4.78 is 0. The minimum atomic E-state index is -1.23. The van der Waals surface area contributed by atoms with Crippen LogP contribution in [0.1, 0.15) is 48.7 Å². The van der Waals surface area contributed by atoms with Crippen LogP contribution in [0.25, 0.3) is 0 Å². The number of carboxylic acid groups (broad SMARTS) is 1. The lowest BCUT2D eigenvalue weighted by Crippen LogP contribution is -2.50. The standard InChI is InChI=1S/C13H18N4O4/c1-7(10(18)17-13(2,3)4)16-11(19)8-5-15-9(6-14-8)12(20)21/h5-7H,1-4H3,(H,16,19)(H,17,18)(H,20,21). The first-order valence-electron chi connectivity index (χ1n) is 6.28. The molecule has 1 aromatic rings. The average Bonchev–Trinajstić information content (AvgIpc) is 2.36. The van der Waals surface area contributed by atoms with Crippen molar-refractivity contribution in [3.05, 3.63) is 23.8 Å². The SMILES string of the molecule is CC(NC(=O)c1cnc(C(=O)O)cn1)C(=O)NC(C)(C)C. The number of hydrogen-bond acceptors (Lipinski definition) is 5. The maximum absolute atomic E-state index is 11.9. The van der Waals surface area contributed by atoms with Crippen molar-refractivity contribution in [3.63, 3.8) is 0 Å². The molecule has 3 N–H and O–H groups in total. The second-order valence-electron chi connectivity index (χ2n) is 5.53. The summed E-state index contributed by atoms with van der Waals surface area (Å²) in [4.78, 5) is 41.6. The molecule has 0 aliphatic rings. The van der Waals surface area contributed by atoms with Gasteiger partial charge in [0, 0.05) is 5.54 Å². The summed E-state index contributed by atoms with van der Waals surface area (Å²) in [6.45, 7) is 7.03. The third-order valence-corrected chi connectivity index (χ3v) is 2.34. The van der Waals surface area contributed by atoms with Gasteiger partial charge in [0.25, 0.3) is 5.91 Å². The molecular formula is C13H18N4O4. The average molecular weight is 294 g/mol. The van der Waals surface area contributed by atoms with Crippen LogP contribution in [0.15, 0.2) is 12.4 Å². The number of rotatable bonds is 4. The van der Waals surface area contributed by atoms with E-state index in [9.17, 15) is 14.4 Å². The summed E-state index contributed by atoms with van der Waals surface area (Å²) in [5.74, 6) is -2.16. The van der Waals surface area contributed by atoms with Crippen LogP contribution >= 0.6 is 0 Å². The summed E-state index contributed by atoms with van der Waals surface area (Å²) in [6, 6.07) is -0.752. The van der Waals surface area contributed by atoms with Crippen LogP contribution in [0.3, 0.4) is 0 Å². The van der Waals surface area contributed by atoms with Gasteiger partial charge in [-0.05, 0) is 27.7 Å². The predicted octanol–water partition coefficient (Wildman–Crippen LogP) is 0.208. The largest absolute Gasteiger partial charge is 0.476 e. The number of carboxylic acids is 1. The van der Waals surface area contributed by atoms with Crippen LogP contribution in [0.5, 0.6) is 0 Å². The number of carbonyl (C=O) groups is 3. The minimum absolute atomic E-state index is 0.0598. The van der Waals surface area contributed by atoms with Crippen molar-refractivity contribution in [1.29, 1.82) is 0 Å². The molecule has 0 aliphatic heterocycles. The fraction of sp³-hybridized carbons (Fsp3) is 0.462. The molecule has 21 heavy (non-hydrogen) atoms. The first kappa shape index (κ1) is 16.5. The Morgan fingerprint density at radius 2 is 1.67 bits per heavy atom. The molecule has 1 heterocycles. The van der Waals surface area contributed by atoms with E-state index in [-0.39, 0.29) is 17.3 Å². The third-order valence-electron chi connectivity index (χ3n) is 2.34. The van der Waals surface area contributed by atoms with Crippen molar-refractivity contribution < 1.29 is 19.5 Å². The fourth-order valence-corrected chi connectivity index (χ4v) is 1.37. The third kappa shape index (κ3) is 5.17. The Morgan fingerprint density at radius 3 is 2.10 bits per heavy atom. The highest BCUT2D eigenvalue weighted by molar-refractivity contribution is 5.96. The van der Waals surface area contributed by atoms with Gasteiger partial charge in [0.05, 0.1) is 12.4 Å². The molecule has 0 aliphatic carbocycles. The van der Waals surface area contributed by atoms with Crippen molar-refractivity contribution in [2.24, 2.45) is 0 Å². The molecular weight excluding hydrogens is 276 g/mol. The van der Waals surface area contributed by atoms with Crippen LogP contribution < -0.4 is 10.6 Å². The number of nitrogens with one attached hydrogen (secondary N) is 2. The summed E-state index contributed by atoms with van der Waals surface area (Å²) >= 11 is 0. The van der Waals surface area contributed by atoms with E-state index in [0.717, 1.165) is 12.4 Å².